The van der Waals surface area contributed by atoms with E-state index in [0.29, 0.717) is 22.5 Å². The summed E-state index contributed by atoms with van der Waals surface area (Å²) in [4.78, 5) is 19.3. The smallest absolute Gasteiger partial charge is 0.266 e. The van der Waals surface area contributed by atoms with E-state index in [2.05, 4.69) is 10.1 Å². The predicted octanol–water partition coefficient (Wildman–Crippen LogP) is 4.98. The third-order valence-electron chi connectivity index (χ3n) is 4.39. The summed E-state index contributed by atoms with van der Waals surface area (Å²) >= 11 is 5.92. The first-order valence-electron chi connectivity index (χ1n) is 9.40. The largest absolute Gasteiger partial charge is 0.478 e. The highest BCUT2D eigenvalue weighted by Crippen LogP contribution is 2.24. The molecule has 0 aliphatic heterocycles. The highest BCUT2D eigenvalue weighted by molar-refractivity contribution is 6.30. The molecule has 0 unspecified atom stereocenters. The van der Waals surface area contributed by atoms with Crippen LogP contribution in [0.5, 0.6) is 5.75 Å². The average molecular weight is 414 g/mol. The van der Waals surface area contributed by atoms with Crippen LogP contribution < -0.4 is 4.74 Å². The summed E-state index contributed by atoms with van der Waals surface area (Å²) in [6, 6.07) is 16.4. The number of benzene rings is 2. The molecule has 3 rings (SSSR count). The zero-order chi connectivity index (χ0) is 21.0. The van der Waals surface area contributed by atoms with Crippen molar-refractivity contribution >= 4 is 17.5 Å². The minimum atomic E-state index is -1.08. The maximum atomic E-state index is 13.2. The molecule has 0 radical (unpaired) electrons. The Labute approximate surface area is 175 Å². The first kappa shape index (κ1) is 20.9. The van der Waals surface area contributed by atoms with Crippen LogP contribution in [0, 0.1) is 0 Å². The lowest BCUT2D eigenvalue weighted by Crippen LogP contribution is -2.51. The van der Waals surface area contributed by atoms with Crippen molar-refractivity contribution in [2.75, 3.05) is 0 Å². The van der Waals surface area contributed by atoms with Crippen LogP contribution in [0.25, 0.3) is 11.4 Å². The summed E-state index contributed by atoms with van der Waals surface area (Å²) < 4.78 is 11.3. The van der Waals surface area contributed by atoms with Crippen LogP contribution in [0.3, 0.4) is 0 Å². The Morgan fingerprint density at radius 1 is 1.14 bits per heavy atom. The molecule has 0 fully saturated rings. The highest BCUT2D eigenvalue weighted by atomic mass is 35.5. The molecule has 29 heavy (non-hydrogen) atoms. The van der Waals surface area contributed by atoms with Gasteiger partial charge in [-0.3, -0.25) is 4.79 Å². The number of rotatable bonds is 7. The van der Waals surface area contributed by atoms with Gasteiger partial charge < -0.3 is 14.2 Å². The number of ether oxygens (including phenoxy) is 1. The molecule has 1 amide bonds. The van der Waals surface area contributed by atoms with Gasteiger partial charge in [0.15, 0.2) is 5.60 Å². The summed E-state index contributed by atoms with van der Waals surface area (Å²) in [6.07, 6.45) is 0. The zero-order valence-corrected chi connectivity index (χ0v) is 17.7. The van der Waals surface area contributed by atoms with Gasteiger partial charge in [-0.25, -0.2) is 0 Å². The molecule has 2 aromatic carbocycles. The Balaban J connectivity index is 1.75. The van der Waals surface area contributed by atoms with Crippen LogP contribution in [-0.4, -0.2) is 32.6 Å². The number of carbonyl (C=O) groups excluding carboxylic acids is 1. The third kappa shape index (κ3) is 5.15. The second kappa shape index (κ2) is 8.66. The van der Waals surface area contributed by atoms with Crippen molar-refractivity contribution in [2.45, 2.75) is 45.9 Å². The van der Waals surface area contributed by atoms with Crippen LogP contribution >= 0.6 is 11.6 Å². The van der Waals surface area contributed by atoms with Gasteiger partial charge in [-0.2, -0.15) is 4.98 Å². The second-order valence-electron chi connectivity index (χ2n) is 7.47. The van der Waals surface area contributed by atoms with Crippen molar-refractivity contribution in [2.24, 2.45) is 0 Å². The number of hydrogen-bond donors (Lipinski definition) is 0. The molecule has 0 saturated carbocycles. The molecule has 3 aromatic rings. The minimum Gasteiger partial charge on any atom is -0.478 e. The van der Waals surface area contributed by atoms with Crippen molar-refractivity contribution < 1.29 is 14.1 Å². The molecule has 0 saturated heterocycles. The van der Waals surface area contributed by atoms with Gasteiger partial charge in [0.25, 0.3) is 5.91 Å². The van der Waals surface area contributed by atoms with Crippen molar-refractivity contribution in [3.05, 3.63) is 65.5 Å². The first-order chi connectivity index (χ1) is 13.8. The molecule has 7 heteroatoms. The number of nitrogens with zero attached hydrogens (tertiary/aromatic N) is 3. The lowest BCUT2D eigenvalue weighted by atomic mass is 10.1. The third-order valence-corrected chi connectivity index (χ3v) is 4.64. The van der Waals surface area contributed by atoms with E-state index >= 15 is 0 Å². The fraction of sp³-hybridized carbons (Fsp3) is 0.318. The Kier molecular flexibility index (Phi) is 6.23. The molecule has 6 nitrogen and oxygen atoms in total. The average Bonchev–Trinajstić information content (AvgIpc) is 3.16. The van der Waals surface area contributed by atoms with Crippen molar-refractivity contribution in [1.29, 1.82) is 0 Å². The summed E-state index contributed by atoms with van der Waals surface area (Å²) in [5.74, 6) is 1.25. The number of halogens is 1. The van der Waals surface area contributed by atoms with Gasteiger partial charge in [-0.15, -0.1) is 0 Å². The Bertz CT molecular complexity index is 953. The predicted molar refractivity (Wildman–Crippen MR) is 112 cm³/mol. The van der Waals surface area contributed by atoms with Gasteiger partial charge in [0, 0.05) is 16.6 Å². The fourth-order valence-corrected chi connectivity index (χ4v) is 2.97. The SMILES string of the molecule is CC(C)N(Cc1nc(-c2ccccc2)no1)C(=O)C(C)(C)Oc1ccc(Cl)cc1. The molecule has 0 spiro atoms. The normalized spacial score (nSPS) is 11.5. The molecular formula is C22H24ClN3O3. The van der Waals surface area contributed by atoms with Crippen molar-refractivity contribution in [3.8, 4) is 17.1 Å². The molecule has 152 valence electrons. The summed E-state index contributed by atoms with van der Waals surface area (Å²) in [5, 5.41) is 4.64. The lowest BCUT2D eigenvalue weighted by molar-refractivity contribution is -0.148. The van der Waals surface area contributed by atoms with Gasteiger partial charge in [0.2, 0.25) is 11.7 Å². The van der Waals surface area contributed by atoms with Crippen LogP contribution in [0.15, 0.2) is 59.1 Å². The van der Waals surface area contributed by atoms with E-state index in [-0.39, 0.29) is 18.5 Å². The molecule has 0 atom stereocenters. The fourth-order valence-electron chi connectivity index (χ4n) is 2.84. The maximum Gasteiger partial charge on any atom is 0.266 e. The monoisotopic (exact) mass is 413 g/mol. The molecule has 1 aromatic heterocycles. The topological polar surface area (TPSA) is 68.5 Å². The quantitative estimate of drug-likeness (QED) is 0.546. The summed E-state index contributed by atoms with van der Waals surface area (Å²) in [5.41, 5.74) is -0.225. The van der Waals surface area contributed by atoms with Gasteiger partial charge >= 0.3 is 0 Å². The van der Waals surface area contributed by atoms with E-state index < -0.39 is 5.60 Å². The Morgan fingerprint density at radius 2 is 1.79 bits per heavy atom. The maximum absolute atomic E-state index is 13.2. The number of amides is 1. The first-order valence-corrected chi connectivity index (χ1v) is 9.78. The lowest BCUT2D eigenvalue weighted by Gasteiger charge is -2.34. The molecule has 0 bridgehead atoms. The highest BCUT2D eigenvalue weighted by Gasteiger charge is 2.36. The molecule has 1 heterocycles. The number of hydrogen-bond acceptors (Lipinski definition) is 5. The van der Waals surface area contributed by atoms with Crippen LogP contribution in [-0.2, 0) is 11.3 Å². The molecular weight excluding hydrogens is 390 g/mol. The van der Waals surface area contributed by atoms with E-state index in [1.165, 1.54) is 0 Å². The summed E-state index contributed by atoms with van der Waals surface area (Å²) in [7, 11) is 0. The molecule has 0 N–H and O–H groups in total. The Morgan fingerprint density at radius 3 is 2.41 bits per heavy atom. The number of carbonyl (C=O) groups is 1. The van der Waals surface area contributed by atoms with Crippen LogP contribution in [0.1, 0.15) is 33.6 Å². The van der Waals surface area contributed by atoms with E-state index in [0.717, 1.165) is 5.56 Å². The van der Waals surface area contributed by atoms with Gasteiger partial charge in [0.05, 0.1) is 0 Å². The van der Waals surface area contributed by atoms with Gasteiger partial charge in [-0.1, -0.05) is 47.1 Å². The van der Waals surface area contributed by atoms with Gasteiger partial charge in [0.1, 0.15) is 12.3 Å². The van der Waals surface area contributed by atoms with Crippen LogP contribution in [0.2, 0.25) is 5.02 Å². The summed E-state index contributed by atoms with van der Waals surface area (Å²) in [6.45, 7) is 7.55. The van der Waals surface area contributed by atoms with E-state index in [4.69, 9.17) is 20.9 Å². The standard InChI is InChI=1S/C22H24ClN3O3/c1-15(2)26(14-19-24-20(25-29-19)16-8-6-5-7-9-16)21(27)22(3,4)28-18-12-10-17(23)11-13-18/h5-13,15H,14H2,1-4H3. The van der Waals surface area contributed by atoms with Crippen molar-refractivity contribution in [3.63, 3.8) is 0 Å². The minimum absolute atomic E-state index is 0.0809. The second-order valence-corrected chi connectivity index (χ2v) is 7.91. The van der Waals surface area contributed by atoms with E-state index in [1.54, 1.807) is 43.0 Å². The Hall–Kier alpha value is -2.86. The number of aromatic nitrogens is 2. The van der Waals surface area contributed by atoms with Crippen molar-refractivity contribution in [1.82, 2.24) is 15.0 Å². The molecule has 0 aliphatic carbocycles. The van der Waals surface area contributed by atoms with E-state index in [1.807, 2.05) is 44.2 Å². The van der Waals surface area contributed by atoms with Crippen LogP contribution in [0.4, 0.5) is 0 Å². The van der Waals surface area contributed by atoms with Gasteiger partial charge in [-0.05, 0) is 52.0 Å². The molecule has 0 aliphatic rings. The zero-order valence-electron chi connectivity index (χ0n) is 16.9. The van der Waals surface area contributed by atoms with E-state index in [9.17, 15) is 4.79 Å².